The molecule has 0 bridgehead atoms. The Kier molecular flexibility index (Phi) is 4.29. The predicted molar refractivity (Wildman–Crippen MR) is 64.4 cm³/mol. The molecule has 0 aliphatic heterocycles. The van der Waals surface area contributed by atoms with Gasteiger partial charge in [0.1, 0.15) is 0 Å². The van der Waals surface area contributed by atoms with E-state index in [1.165, 1.54) is 5.56 Å². The molecule has 0 N–H and O–H groups in total. The van der Waals surface area contributed by atoms with Crippen molar-refractivity contribution >= 4 is 28.6 Å². The highest BCUT2D eigenvalue weighted by atomic mass is 79.9. The number of hydrogen-bond donors (Lipinski definition) is 1. The zero-order valence-corrected chi connectivity index (χ0v) is 10.3. The molecule has 0 heterocycles. The first-order valence-electron chi connectivity index (χ1n) is 4.18. The fourth-order valence-electron chi connectivity index (χ4n) is 1.25. The molecular weight excluding hydrogens is 246 g/mol. The summed E-state index contributed by atoms with van der Waals surface area (Å²) in [5.41, 5.74) is 1.31. The lowest BCUT2D eigenvalue weighted by atomic mass is 10.1. The minimum absolute atomic E-state index is 0.399. The Morgan fingerprint density at radius 3 is 2.23 bits per heavy atom. The van der Waals surface area contributed by atoms with Crippen molar-refractivity contribution in [1.82, 2.24) is 4.90 Å². The molecule has 0 saturated carbocycles. The Labute approximate surface area is 93.7 Å². The van der Waals surface area contributed by atoms with Crippen LogP contribution in [0.2, 0.25) is 0 Å². The molecule has 1 atom stereocenters. The second-order valence-electron chi connectivity index (χ2n) is 3.21. The van der Waals surface area contributed by atoms with Crippen LogP contribution in [0.25, 0.3) is 0 Å². The Morgan fingerprint density at radius 1 is 1.31 bits per heavy atom. The predicted octanol–water partition coefficient (Wildman–Crippen LogP) is 2.98. The Balaban J connectivity index is 2.86. The van der Waals surface area contributed by atoms with E-state index in [4.69, 9.17) is 0 Å². The lowest BCUT2D eigenvalue weighted by Gasteiger charge is -2.22. The van der Waals surface area contributed by atoms with E-state index >= 15 is 0 Å². The Bertz CT molecular complexity index is 258. The standard InChI is InChI=1S/C10H14BrNS/c1-12(2)10(7-13)8-3-5-9(11)6-4-8/h3-6,10,13H,7H2,1-2H3. The number of rotatable bonds is 3. The lowest BCUT2D eigenvalue weighted by molar-refractivity contribution is 0.326. The summed E-state index contributed by atoms with van der Waals surface area (Å²) >= 11 is 7.76. The fourth-order valence-corrected chi connectivity index (χ4v) is 2.05. The van der Waals surface area contributed by atoms with Gasteiger partial charge in [-0.25, -0.2) is 0 Å². The van der Waals surface area contributed by atoms with Gasteiger partial charge in [-0.05, 0) is 31.8 Å². The number of nitrogens with zero attached hydrogens (tertiary/aromatic N) is 1. The van der Waals surface area contributed by atoms with Crippen molar-refractivity contribution < 1.29 is 0 Å². The highest BCUT2D eigenvalue weighted by molar-refractivity contribution is 9.10. The highest BCUT2D eigenvalue weighted by Gasteiger charge is 2.10. The monoisotopic (exact) mass is 259 g/mol. The van der Waals surface area contributed by atoms with Gasteiger partial charge in [0, 0.05) is 16.3 Å². The van der Waals surface area contributed by atoms with Crippen molar-refractivity contribution in [3.63, 3.8) is 0 Å². The molecule has 0 amide bonds. The average Bonchev–Trinajstić information content (AvgIpc) is 2.09. The van der Waals surface area contributed by atoms with Gasteiger partial charge < -0.3 is 4.90 Å². The van der Waals surface area contributed by atoms with E-state index in [0.717, 1.165) is 10.2 Å². The van der Waals surface area contributed by atoms with Crippen LogP contribution in [0.1, 0.15) is 11.6 Å². The zero-order chi connectivity index (χ0) is 9.84. The maximum Gasteiger partial charge on any atom is 0.0429 e. The fraction of sp³-hybridized carbons (Fsp3) is 0.400. The summed E-state index contributed by atoms with van der Waals surface area (Å²) in [7, 11) is 4.14. The summed E-state index contributed by atoms with van der Waals surface area (Å²) in [6.45, 7) is 0. The van der Waals surface area contributed by atoms with Crippen LogP contribution < -0.4 is 0 Å². The van der Waals surface area contributed by atoms with Crippen LogP contribution in [0.15, 0.2) is 28.7 Å². The van der Waals surface area contributed by atoms with Gasteiger partial charge >= 0.3 is 0 Å². The molecular formula is C10H14BrNS. The van der Waals surface area contributed by atoms with Crippen LogP contribution in [0.4, 0.5) is 0 Å². The molecule has 3 heteroatoms. The van der Waals surface area contributed by atoms with Gasteiger partial charge in [0.05, 0.1) is 0 Å². The van der Waals surface area contributed by atoms with Crippen molar-refractivity contribution in [3.05, 3.63) is 34.3 Å². The van der Waals surface area contributed by atoms with Gasteiger partial charge in [0.15, 0.2) is 0 Å². The molecule has 13 heavy (non-hydrogen) atoms. The number of hydrogen-bond acceptors (Lipinski definition) is 2. The molecule has 0 radical (unpaired) electrons. The van der Waals surface area contributed by atoms with Gasteiger partial charge in [-0.2, -0.15) is 12.6 Å². The van der Waals surface area contributed by atoms with Crippen LogP contribution >= 0.6 is 28.6 Å². The van der Waals surface area contributed by atoms with E-state index in [9.17, 15) is 0 Å². The first kappa shape index (κ1) is 11.1. The third-order valence-corrected chi connectivity index (χ3v) is 2.93. The molecule has 1 rings (SSSR count). The summed E-state index contributed by atoms with van der Waals surface area (Å²) in [4.78, 5) is 2.18. The van der Waals surface area contributed by atoms with Crippen LogP contribution in [-0.2, 0) is 0 Å². The number of benzene rings is 1. The van der Waals surface area contributed by atoms with E-state index in [1.807, 2.05) is 0 Å². The molecule has 0 fully saturated rings. The van der Waals surface area contributed by atoms with Gasteiger partial charge in [-0.3, -0.25) is 0 Å². The topological polar surface area (TPSA) is 3.24 Å². The summed E-state index contributed by atoms with van der Waals surface area (Å²) < 4.78 is 1.12. The van der Waals surface area contributed by atoms with Gasteiger partial charge in [-0.15, -0.1) is 0 Å². The van der Waals surface area contributed by atoms with Gasteiger partial charge in [0.25, 0.3) is 0 Å². The Morgan fingerprint density at radius 2 is 1.85 bits per heavy atom. The Hall–Kier alpha value is 0.01000. The van der Waals surface area contributed by atoms with Gasteiger partial charge in [-0.1, -0.05) is 28.1 Å². The average molecular weight is 260 g/mol. The molecule has 0 aliphatic rings. The largest absolute Gasteiger partial charge is 0.302 e. The SMILES string of the molecule is CN(C)C(CS)c1ccc(Br)cc1. The molecule has 0 aromatic heterocycles. The van der Waals surface area contributed by atoms with Crippen molar-refractivity contribution in [1.29, 1.82) is 0 Å². The van der Waals surface area contributed by atoms with Crippen LogP contribution in [0.3, 0.4) is 0 Å². The van der Waals surface area contributed by atoms with Crippen LogP contribution in [0, 0.1) is 0 Å². The first-order chi connectivity index (χ1) is 6.15. The van der Waals surface area contributed by atoms with Crippen LogP contribution in [0.5, 0.6) is 0 Å². The minimum Gasteiger partial charge on any atom is -0.302 e. The summed E-state index contributed by atoms with van der Waals surface area (Å²) in [5, 5.41) is 0. The maximum absolute atomic E-state index is 4.34. The number of halogens is 1. The van der Waals surface area contributed by atoms with E-state index < -0.39 is 0 Å². The quantitative estimate of drug-likeness (QED) is 0.818. The van der Waals surface area contributed by atoms with Crippen molar-refractivity contribution in [2.45, 2.75) is 6.04 Å². The van der Waals surface area contributed by atoms with E-state index in [-0.39, 0.29) is 0 Å². The normalized spacial score (nSPS) is 13.3. The van der Waals surface area contributed by atoms with Crippen LogP contribution in [-0.4, -0.2) is 24.7 Å². The molecule has 72 valence electrons. The van der Waals surface area contributed by atoms with E-state index in [2.05, 4.69) is 71.8 Å². The zero-order valence-electron chi connectivity index (χ0n) is 7.87. The summed E-state index contributed by atoms with van der Waals surface area (Å²) in [5.74, 6) is 0.842. The number of thiol groups is 1. The first-order valence-corrected chi connectivity index (χ1v) is 5.60. The highest BCUT2D eigenvalue weighted by Crippen LogP contribution is 2.21. The molecule has 1 nitrogen and oxygen atoms in total. The third kappa shape index (κ3) is 3.01. The van der Waals surface area contributed by atoms with Crippen molar-refractivity contribution in [2.24, 2.45) is 0 Å². The van der Waals surface area contributed by atoms with Gasteiger partial charge in [0.2, 0.25) is 0 Å². The lowest BCUT2D eigenvalue weighted by Crippen LogP contribution is -2.21. The smallest absolute Gasteiger partial charge is 0.0429 e. The summed E-state index contributed by atoms with van der Waals surface area (Å²) in [6.07, 6.45) is 0. The molecule has 1 aromatic rings. The summed E-state index contributed by atoms with van der Waals surface area (Å²) in [6, 6.07) is 8.79. The second kappa shape index (κ2) is 5.03. The van der Waals surface area contributed by atoms with Crippen molar-refractivity contribution in [2.75, 3.05) is 19.8 Å². The van der Waals surface area contributed by atoms with Crippen molar-refractivity contribution in [3.8, 4) is 0 Å². The minimum atomic E-state index is 0.399. The van der Waals surface area contributed by atoms with E-state index in [1.54, 1.807) is 0 Å². The molecule has 0 saturated heterocycles. The maximum atomic E-state index is 4.34. The molecule has 0 aliphatic carbocycles. The molecule has 1 aromatic carbocycles. The molecule has 1 unspecified atom stereocenters. The third-order valence-electron chi connectivity index (χ3n) is 2.05. The molecule has 0 spiro atoms. The van der Waals surface area contributed by atoms with E-state index in [0.29, 0.717) is 6.04 Å². The second-order valence-corrected chi connectivity index (χ2v) is 4.49.